The third-order valence-electron chi connectivity index (χ3n) is 6.90. The first-order valence-corrected chi connectivity index (χ1v) is 13.5. The monoisotopic (exact) mass is 660 g/mol. The van der Waals surface area contributed by atoms with Gasteiger partial charge in [-0.3, -0.25) is 0 Å². The minimum absolute atomic E-state index is 0.0121. The van der Waals surface area contributed by atoms with Crippen LogP contribution in [0.4, 0.5) is 0 Å². The SMILES string of the molecule is COC(=O)c1cc(OC)c(OC)c(OC)c1Oc1cc(C(=O)OC)c(-c2c(C(=O)OC)cc(OC)c(OC)c2OC)c(OC)c1OC. The van der Waals surface area contributed by atoms with Crippen LogP contribution in [-0.2, 0) is 14.2 Å². The standard InChI is InChI=1S/C32H36O15/c1-36-18-12-15(30(33)44-9)21(27(41-6)24(18)38-3)22-16(31(34)45-10)13-20(26(40-5)28(22)42-7)47-23-17(32(35)46-11)14-19(37-2)25(39-4)29(23)43-8/h12-14H,1-11H3. The van der Waals surface area contributed by atoms with E-state index in [9.17, 15) is 14.4 Å². The van der Waals surface area contributed by atoms with Crippen molar-refractivity contribution in [2.45, 2.75) is 0 Å². The summed E-state index contributed by atoms with van der Waals surface area (Å²) >= 11 is 0. The van der Waals surface area contributed by atoms with E-state index < -0.39 is 17.9 Å². The van der Waals surface area contributed by atoms with Gasteiger partial charge in [-0.15, -0.1) is 0 Å². The molecule has 3 aromatic carbocycles. The van der Waals surface area contributed by atoms with Crippen molar-refractivity contribution in [3.63, 3.8) is 0 Å². The fourth-order valence-corrected chi connectivity index (χ4v) is 4.88. The van der Waals surface area contributed by atoms with E-state index in [4.69, 9.17) is 56.8 Å². The van der Waals surface area contributed by atoms with Crippen molar-refractivity contribution < 1.29 is 71.2 Å². The first kappa shape index (κ1) is 35.7. The summed E-state index contributed by atoms with van der Waals surface area (Å²) in [5, 5.41) is 0. The van der Waals surface area contributed by atoms with E-state index in [2.05, 4.69) is 0 Å². The van der Waals surface area contributed by atoms with Crippen LogP contribution >= 0.6 is 0 Å². The van der Waals surface area contributed by atoms with Gasteiger partial charge in [0.25, 0.3) is 0 Å². The number of hydrogen-bond donors (Lipinski definition) is 0. The lowest BCUT2D eigenvalue weighted by Gasteiger charge is -2.24. The first-order valence-electron chi connectivity index (χ1n) is 13.5. The second-order valence-corrected chi connectivity index (χ2v) is 9.03. The number of benzene rings is 3. The lowest BCUT2D eigenvalue weighted by Crippen LogP contribution is -2.13. The summed E-state index contributed by atoms with van der Waals surface area (Å²) in [7, 11) is 14.3. The van der Waals surface area contributed by atoms with Crippen molar-refractivity contribution in [1.82, 2.24) is 0 Å². The Hall–Kier alpha value is -5.73. The zero-order valence-electron chi connectivity index (χ0n) is 27.9. The van der Waals surface area contributed by atoms with Gasteiger partial charge in [-0.1, -0.05) is 0 Å². The Bertz CT molecular complexity index is 1660. The molecule has 0 saturated carbocycles. The number of hydrogen-bond acceptors (Lipinski definition) is 15. The van der Waals surface area contributed by atoms with Crippen LogP contribution < -0.4 is 42.6 Å². The molecule has 0 aromatic heterocycles. The van der Waals surface area contributed by atoms with Crippen LogP contribution in [0.3, 0.4) is 0 Å². The minimum atomic E-state index is -0.883. The highest BCUT2D eigenvalue weighted by atomic mass is 16.6. The molecular weight excluding hydrogens is 624 g/mol. The lowest BCUT2D eigenvalue weighted by molar-refractivity contribution is 0.0588. The average molecular weight is 661 g/mol. The van der Waals surface area contributed by atoms with E-state index in [-0.39, 0.29) is 85.3 Å². The molecule has 3 aromatic rings. The maximum atomic E-state index is 13.5. The molecule has 0 spiro atoms. The van der Waals surface area contributed by atoms with Gasteiger partial charge in [-0.2, -0.15) is 0 Å². The molecule has 3 rings (SSSR count). The van der Waals surface area contributed by atoms with Gasteiger partial charge in [0, 0.05) is 23.3 Å². The van der Waals surface area contributed by atoms with E-state index in [0.29, 0.717) is 0 Å². The summed E-state index contributed by atoms with van der Waals surface area (Å²) in [6.07, 6.45) is 0. The van der Waals surface area contributed by atoms with Gasteiger partial charge in [-0.05, 0) is 6.07 Å². The molecule has 0 atom stereocenters. The predicted octanol–water partition coefficient (Wildman–Crippen LogP) is 4.57. The second kappa shape index (κ2) is 15.5. The number of esters is 3. The largest absolute Gasteiger partial charge is 0.493 e. The van der Waals surface area contributed by atoms with Gasteiger partial charge in [0.2, 0.25) is 23.0 Å². The molecule has 0 aliphatic carbocycles. The summed E-state index contributed by atoms with van der Waals surface area (Å²) in [5.74, 6) is -2.64. The highest BCUT2D eigenvalue weighted by Gasteiger charge is 2.35. The number of rotatable bonds is 14. The molecule has 0 heterocycles. The van der Waals surface area contributed by atoms with Crippen molar-refractivity contribution in [1.29, 1.82) is 0 Å². The van der Waals surface area contributed by atoms with Crippen molar-refractivity contribution in [2.24, 2.45) is 0 Å². The van der Waals surface area contributed by atoms with E-state index in [1.807, 2.05) is 0 Å². The highest BCUT2D eigenvalue weighted by Crippen LogP contribution is 2.56. The Morgan fingerprint density at radius 2 is 0.681 bits per heavy atom. The van der Waals surface area contributed by atoms with Crippen molar-refractivity contribution in [3.05, 3.63) is 34.9 Å². The second-order valence-electron chi connectivity index (χ2n) is 9.03. The quantitative estimate of drug-likeness (QED) is 0.174. The van der Waals surface area contributed by atoms with Crippen LogP contribution in [0.1, 0.15) is 31.1 Å². The number of ether oxygens (including phenoxy) is 12. The van der Waals surface area contributed by atoms with Crippen molar-refractivity contribution in [3.8, 4) is 68.6 Å². The topological polar surface area (TPSA) is 162 Å². The maximum absolute atomic E-state index is 13.5. The van der Waals surface area contributed by atoms with Gasteiger partial charge >= 0.3 is 17.9 Å². The zero-order chi connectivity index (χ0) is 35.0. The van der Waals surface area contributed by atoms with Crippen molar-refractivity contribution >= 4 is 17.9 Å². The van der Waals surface area contributed by atoms with E-state index in [0.717, 1.165) is 7.11 Å². The third kappa shape index (κ3) is 6.36. The van der Waals surface area contributed by atoms with Gasteiger partial charge < -0.3 is 56.8 Å². The first-order chi connectivity index (χ1) is 22.6. The molecule has 0 aliphatic rings. The Kier molecular flexibility index (Phi) is 11.8. The molecule has 0 unspecified atom stereocenters. The Morgan fingerprint density at radius 3 is 1.04 bits per heavy atom. The molecular formula is C32H36O15. The molecule has 0 amide bonds. The summed E-state index contributed by atoms with van der Waals surface area (Å²) in [6.45, 7) is 0. The zero-order valence-corrected chi connectivity index (χ0v) is 27.9. The fourth-order valence-electron chi connectivity index (χ4n) is 4.88. The van der Waals surface area contributed by atoms with Crippen LogP contribution in [0.25, 0.3) is 11.1 Å². The van der Waals surface area contributed by atoms with Crippen LogP contribution in [0.15, 0.2) is 18.2 Å². The van der Waals surface area contributed by atoms with Gasteiger partial charge in [-0.25, -0.2) is 14.4 Å². The summed E-state index contributed by atoms with van der Waals surface area (Å²) < 4.78 is 66.2. The molecule has 0 radical (unpaired) electrons. The van der Waals surface area contributed by atoms with Crippen LogP contribution in [-0.4, -0.2) is 96.1 Å². The molecule has 0 N–H and O–H groups in total. The fraction of sp³-hybridized carbons (Fsp3) is 0.344. The molecule has 15 nitrogen and oxygen atoms in total. The van der Waals surface area contributed by atoms with E-state index in [1.54, 1.807) is 0 Å². The Balaban J connectivity index is 2.60. The Labute approximate surface area is 271 Å². The summed E-state index contributed by atoms with van der Waals surface area (Å²) in [5.41, 5.74) is -0.404. The number of methoxy groups -OCH3 is 11. The molecule has 15 heteroatoms. The van der Waals surface area contributed by atoms with E-state index in [1.165, 1.54) is 89.3 Å². The molecule has 47 heavy (non-hydrogen) atoms. The lowest BCUT2D eigenvalue weighted by atomic mass is 9.91. The third-order valence-corrected chi connectivity index (χ3v) is 6.90. The van der Waals surface area contributed by atoms with Crippen LogP contribution in [0, 0.1) is 0 Å². The van der Waals surface area contributed by atoms with Crippen molar-refractivity contribution in [2.75, 3.05) is 78.2 Å². The normalized spacial score (nSPS) is 10.3. The smallest absolute Gasteiger partial charge is 0.341 e. The van der Waals surface area contributed by atoms with Gasteiger partial charge in [0.05, 0.1) is 89.3 Å². The van der Waals surface area contributed by atoms with Crippen LogP contribution in [0.2, 0.25) is 0 Å². The molecule has 0 bridgehead atoms. The highest BCUT2D eigenvalue weighted by molar-refractivity contribution is 6.08. The number of carbonyl (C=O) groups is 3. The minimum Gasteiger partial charge on any atom is -0.493 e. The number of carbonyl (C=O) groups excluding carboxylic acids is 3. The molecule has 0 fully saturated rings. The summed E-state index contributed by atoms with van der Waals surface area (Å²) in [4.78, 5) is 39.7. The maximum Gasteiger partial charge on any atom is 0.341 e. The Morgan fingerprint density at radius 1 is 0.362 bits per heavy atom. The van der Waals surface area contributed by atoms with Gasteiger partial charge in [0.1, 0.15) is 5.56 Å². The molecule has 0 aliphatic heterocycles. The van der Waals surface area contributed by atoms with Gasteiger partial charge in [0.15, 0.2) is 34.5 Å². The van der Waals surface area contributed by atoms with E-state index >= 15 is 0 Å². The average Bonchev–Trinajstić information content (AvgIpc) is 3.11. The van der Waals surface area contributed by atoms with Crippen LogP contribution in [0.5, 0.6) is 57.5 Å². The predicted molar refractivity (Wildman–Crippen MR) is 165 cm³/mol. The molecule has 254 valence electrons. The molecule has 0 saturated heterocycles. The summed E-state index contributed by atoms with van der Waals surface area (Å²) in [6, 6.07) is 3.95.